The summed E-state index contributed by atoms with van der Waals surface area (Å²) in [6, 6.07) is 8.39. The fourth-order valence-corrected chi connectivity index (χ4v) is 2.02. The third-order valence-electron chi connectivity index (χ3n) is 3.09. The molecule has 0 amide bonds. The molecular weight excluding hydrogens is 186 g/mol. The number of aromatic amines is 1. The number of H-pyrrole nitrogens is 1. The van der Waals surface area contributed by atoms with Crippen LogP contribution in [0.1, 0.15) is 18.7 Å². The number of nitrogens with zero attached hydrogens (tertiary/aromatic N) is 1. The highest BCUT2D eigenvalue weighted by atomic mass is 14.9. The lowest BCUT2D eigenvalue weighted by Crippen LogP contribution is -2.25. The number of nitrogens with one attached hydrogen (secondary N) is 1. The van der Waals surface area contributed by atoms with Crippen LogP contribution in [0.25, 0.3) is 11.0 Å². The van der Waals surface area contributed by atoms with Crippen molar-refractivity contribution >= 4 is 11.0 Å². The van der Waals surface area contributed by atoms with Crippen molar-refractivity contribution in [2.45, 2.75) is 25.3 Å². The summed E-state index contributed by atoms with van der Waals surface area (Å²) in [5, 5.41) is 0. The van der Waals surface area contributed by atoms with E-state index in [1.165, 1.54) is 12.8 Å². The van der Waals surface area contributed by atoms with E-state index in [0.717, 1.165) is 29.2 Å². The Balaban J connectivity index is 1.84. The summed E-state index contributed by atoms with van der Waals surface area (Å²) in [4.78, 5) is 7.85. The van der Waals surface area contributed by atoms with Crippen LogP contribution in [-0.4, -0.2) is 16.0 Å². The van der Waals surface area contributed by atoms with Crippen LogP contribution >= 0.6 is 0 Å². The summed E-state index contributed by atoms with van der Waals surface area (Å²) in [6.45, 7) is 0. The maximum Gasteiger partial charge on any atom is 0.108 e. The Hall–Kier alpha value is -1.35. The van der Waals surface area contributed by atoms with Crippen molar-refractivity contribution in [2.75, 3.05) is 0 Å². The highest BCUT2D eigenvalue weighted by molar-refractivity contribution is 5.74. The number of hydrogen-bond donors (Lipinski definition) is 2. The highest BCUT2D eigenvalue weighted by Gasteiger charge is 2.28. The van der Waals surface area contributed by atoms with E-state index in [9.17, 15) is 0 Å². The Bertz CT molecular complexity index is 437. The molecule has 0 spiro atoms. The van der Waals surface area contributed by atoms with E-state index in [4.69, 9.17) is 5.73 Å². The van der Waals surface area contributed by atoms with Crippen LogP contribution in [0.2, 0.25) is 0 Å². The van der Waals surface area contributed by atoms with Gasteiger partial charge in [0.1, 0.15) is 5.82 Å². The first kappa shape index (κ1) is 8.92. The Morgan fingerprint density at radius 2 is 2.20 bits per heavy atom. The van der Waals surface area contributed by atoms with Crippen molar-refractivity contribution in [3.63, 3.8) is 0 Å². The van der Waals surface area contributed by atoms with Crippen molar-refractivity contribution in [2.24, 2.45) is 11.7 Å². The summed E-state index contributed by atoms with van der Waals surface area (Å²) in [5.41, 5.74) is 8.22. The average molecular weight is 201 g/mol. The number of rotatable bonds is 3. The first-order chi connectivity index (χ1) is 7.33. The fraction of sp³-hybridized carbons (Fsp3) is 0.417. The molecule has 1 aromatic heterocycles. The van der Waals surface area contributed by atoms with Gasteiger partial charge in [0.25, 0.3) is 0 Å². The van der Waals surface area contributed by atoms with E-state index in [-0.39, 0.29) is 6.04 Å². The number of benzene rings is 1. The molecule has 3 nitrogen and oxygen atoms in total. The molecule has 15 heavy (non-hydrogen) atoms. The number of fused-ring (bicyclic) bond motifs is 1. The Morgan fingerprint density at radius 1 is 1.40 bits per heavy atom. The number of aromatic nitrogens is 2. The largest absolute Gasteiger partial charge is 0.342 e. The lowest BCUT2D eigenvalue weighted by atomic mass is 10.1. The first-order valence-electron chi connectivity index (χ1n) is 5.52. The van der Waals surface area contributed by atoms with Gasteiger partial charge in [-0.15, -0.1) is 0 Å². The van der Waals surface area contributed by atoms with E-state index in [1.54, 1.807) is 0 Å². The van der Waals surface area contributed by atoms with Crippen molar-refractivity contribution in [3.05, 3.63) is 30.1 Å². The van der Waals surface area contributed by atoms with Crippen LogP contribution in [0.15, 0.2) is 24.3 Å². The van der Waals surface area contributed by atoms with Crippen LogP contribution < -0.4 is 5.73 Å². The zero-order valence-corrected chi connectivity index (χ0v) is 8.61. The Kier molecular flexibility index (Phi) is 1.99. The average Bonchev–Trinajstić information content (AvgIpc) is 2.99. The minimum absolute atomic E-state index is 0.283. The number of hydrogen-bond acceptors (Lipinski definition) is 2. The second kappa shape index (κ2) is 3.35. The summed E-state index contributed by atoms with van der Waals surface area (Å²) in [7, 11) is 0. The van der Waals surface area contributed by atoms with Crippen molar-refractivity contribution in [1.82, 2.24) is 9.97 Å². The molecule has 78 valence electrons. The summed E-state index contributed by atoms with van der Waals surface area (Å²) < 4.78 is 0. The van der Waals surface area contributed by atoms with Gasteiger partial charge in [0.15, 0.2) is 0 Å². The lowest BCUT2D eigenvalue weighted by molar-refractivity contribution is 0.579. The molecule has 1 atom stereocenters. The van der Waals surface area contributed by atoms with E-state index in [1.807, 2.05) is 18.2 Å². The molecule has 0 saturated heterocycles. The third kappa shape index (κ3) is 1.75. The first-order valence-corrected chi connectivity index (χ1v) is 5.52. The quantitative estimate of drug-likeness (QED) is 0.796. The molecular formula is C12H15N3. The number of para-hydroxylation sites is 2. The standard InChI is InChI=1S/C12H15N3/c13-9(8-5-6-8)7-12-14-10-3-1-2-4-11(10)15-12/h1-4,8-9H,5-7,13H2,(H,14,15). The van der Waals surface area contributed by atoms with Gasteiger partial charge in [0.05, 0.1) is 11.0 Å². The SMILES string of the molecule is NC(Cc1nc2ccccc2[nH]1)C1CC1. The van der Waals surface area contributed by atoms with Gasteiger partial charge >= 0.3 is 0 Å². The van der Waals surface area contributed by atoms with Gasteiger partial charge in [-0.05, 0) is 30.9 Å². The number of nitrogens with two attached hydrogens (primary N) is 1. The van der Waals surface area contributed by atoms with E-state index in [0.29, 0.717) is 0 Å². The van der Waals surface area contributed by atoms with Gasteiger partial charge in [0.2, 0.25) is 0 Å². The molecule has 3 rings (SSSR count). The molecule has 1 aliphatic rings. The van der Waals surface area contributed by atoms with Crippen molar-refractivity contribution in [1.29, 1.82) is 0 Å². The molecule has 2 aromatic rings. The van der Waals surface area contributed by atoms with E-state index in [2.05, 4.69) is 16.0 Å². The van der Waals surface area contributed by atoms with Crippen LogP contribution in [-0.2, 0) is 6.42 Å². The van der Waals surface area contributed by atoms with Gasteiger partial charge in [-0.2, -0.15) is 0 Å². The highest BCUT2D eigenvalue weighted by Crippen LogP contribution is 2.32. The van der Waals surface area contributed by atoms with Crippen molar-refractivity contribution in [3.8, 4) is 0 Å². The minimum atomic E-state index is 0.283. The summed E-state index contributed by atoms with van der Waals surface area (Å²) >= 11 is 0. The van der Waals surface area contributed by atoms with Crippen LogP contribution in [0.4, 0.5) is 0 Å². The van der Waals surface area contributed by atoms with Gasteiger partial charge in [-0.1, -0.05) is 12.1 Å². The molecule has 1 aromatic carbocycles. The normalized spacial score (nSPS) is 18.2. The monoisotopic (exact) mass is 201 g/mol. The van der Waals surface area contributed by atoms with Gasteiger partial charge in [-0.3, -0.25) is 0 Å². The summed E-state index contributed by atoms with van der Waals surface area (Å²) in [6.07, 6.45) is 3.46. The maximum atomic E-state index is 6.07. The smallest absolute Gasteiger partial charge is 0.108 e. The summed E-state index contributed by atoms with van der Waals surface area (Å²) in [5.74, 6) is 1.76. The third-order valence-corrected chi connectivity index (χ3v) is 3.09. The molecule has 1 aliphatic carbocycles. The molecule has 0 bridgehead atoms. The maximum absolute atomic E-state index is 6.07. The molecule has 3 heteroatoms. The molecule has 1 fully saturated rings. The zero-order valence-electron chi connectivity index (χ0n) is 8.61. The van der Waals surface area contributed by atoms with Crippen LogP contribution in [0, 0.1) is 5.92 Å². The number of imidazole rings is 1. The van der Waals surface area contributed by atoms with Gasteiger partial charge in [0, 0.05) is 12.5 Å². The predicted octanol–water partition coefficient (Wildman–Crippen LogP) is 1.84. The molecule has 3 N–H and O–H groups in total. The van der Waals surface area contributed by atoms with Crippen LogP contribution in [0.3, 0.4) is 0 Å². The Morgan fingerprint density at radius 3 is 2.93 bits per heavy atom. The molecule has 0 aliphatic heterocycles. The fourth-order valence-electron chi connectivity index (χ4n) is 2.02. The zero-order chi connectivity index (χ0) is 10.3. The van der Waals surface area contributed by atoms with Crippen LogP contribution in [0.5, 0.6) is 0 Å². The second-order valence-corrected chi connectivity index (χ2v) is 4.41. The molecule has 1 saturated carbocycles. The van der Waals surface area contributed by atoms with Gasteiger partial charge in [-0.25, -0.2) is 4.98 Å². The molecule has 0 radical (unpaired) electrons. The lowest BCUT2D eigenvalue weighted by Gasteiger charge is -2.06. The van der Waals surface area contributed by atoms with Crippen molar-refractivity contribution < 1.29 is 0 Å². The minimum Gasteiger partial charge on any atom is -0.342 e. The predicted molar refractivity (Wildman–Crippen MR) is 60.5 cm³/mol. The van der Waals surface area contributed by atoms with E-state index < -0.39 is 0 Å². The molecule has 1 unspecified atom stereocenters. The topological polar surface area (TPSA) is 54.7 Å². The Labute approximate surface area is 88.7 Å². The second-order valence-electron chi connectivity index (χ2n) is 4.41. The van der Waals surface area contributed by atoms with E-state index >= 15 is 0 Å². The molecule has 1 heterocycles. The van der Waals surface area contributed by atoms with Gasteiger partial charge < -0.3 is 10.7 Å².